The zero-order chi connectivity index (χ0) is 19.2. The minimum atomic E-state index is -0.174. The highest BCUT2D eigenvalue weighted by Crippen LogP contribution is 2.30. The predicted molar refractivity (Wildman–Crippen MR) is 109 cm³/mol. The Labute approximate surface area is 169 Å². The fourth-order valence-corrected chi connectivity index (χ4v) is 4.48. The monoisotopic (exact) mass is 386 g/mol. The Kier molecular flexibility index (Phi) is 6.86. The number of carbonyl (C=O) groups is 1. The van der Waals surface area contributed by atoms with Crippen molar-refractivity contribution >= 4 is 6.09 Å². The molecule has 0 aromatic heterocycles. The number of piperidine rings is 2. The molecule has 5 nitrogen and oxygen atoms in total. The minimum Gasteiger partial charge on any atom is -0.445 e. The summed E-state index contributed by atoms with van der Waals surface area (Å²) >= 11 is 0. The van der Waals surface area contributed by atoms with Gasteiger partial charge in [-0.2, -0.15) is 0 Å². The quantitative estimate of drug-likeness (QED) is 0.712. The molecule has 2 aliphatic heterocycles. The van der Waals surface area contributed by atoms with E-state index in [2.05, 4.69) is 4.90 Å². The van der Waals surface area contributed by atoms with Crippen molar-refractivity contribution in [2.75, 3.05) is 39.4 Å². The molecule has 5 heteroatoms. The first-order valence-corrected chi connectivity index (χ1v) is 11.1. The first-order valence-electron chi connectivity index (χ1n) is 11.1. The number of ether oxygens (including phenoxy) is 2. The number of rotatable bonds is 7. The number of benzene rings is 1. The van der Waals surface area contributed by atoms with Crippen LogP contribution in [0.4, 0.5) is 4.79 Å². The maximum Gasteiger partial charge on any atom is 0.410 e. The molecule has 2 saturated heterocycles. The Balaban J connectivity index is 1.16. The van der Waals surface area contributed by atoms with Crippen molar-refractivity contribution in [1.29, 1.82) is 0 Å². The molecule has 0 radical (unpaired) electrons. The third-order valence-electron chi connectivity index (χ3n) is 6.40. The summed E-state index contributed by atoms with van der Waals surface area (Å²) in [7, 11) is 0. The molecule has 28 heavy (non-hydrogen) atoms. The van der Waals surface area contributed by atoms with Gasteiger partial charge in [0.2, 0.25) is 0 Å². The number of carbonyl (C=O) groups excluding carboxylic acids is 1. The summed E-state index contributed by atoms with van der Waals surface area (Å²) in [5, 5.41) is 0. The van der Waals surface area contributed by atoms with Crippen LogP contribution in [0, 0.1) is 11.8 Å². The van der Waals surface area contributed by atoms with E-state index in [4.69, 9.17) is 9.47 Å². The van der Waals surface area contributed by atoms with Gasteiger partial charge in [-0.3, -0.25) is 4.90 Å². The van der Waals surface area contributed by atoms with Gasteiger partial charge in [-0.25, -0.2) is 4.79 Å². The second-order valence-corrected chi connectivity index (χ2v) is 8.74. The molecule has 2 heterocycles. The molecule has 0 bridgehead atoms. The van der Waals surface area contributed by atoms with Crippen LogP contribution in [0.2, 0.25) is 0 Å². The van der Waals surface area contributed by atoms with Gasteiger partial charge >= 0.3 is 6.09 Å². The molecule has 0 spiro atoms. The summed E-state index contributed by atoms with van der Waals surface area (Å²) in [6.45, 7) is 6.22. The molecule has 4 rings (SSSR count). The SMILES string of the molecule is O=C(OCc1ccccc1)N1CCC(N2CCCC(COCC3CC3)C2)CC1. The zero-order valence-electron chi connectivity index (χ0n) is 16.9. The van der Waals surface area contributed by atoms with Gasteiger partial charge in [0.05, 0.1) is 6.61 Å². The van der Waals surface area contributed by atoms with Gasteiger partial charge in [-0.1, -0.05) is 30.3 Å². The van der Waals surface area contributed by atoms with Gasteiger partial charge in [0.25, 0.3) is 0 Å². The molecule has 1 saturated carbocycles. The summed E-state index contributed by atoms with van der Waals surface area (Å²) in [5.74, 6) is 1.53. The van der Waals surface area contributed by atoms with Gasteiger partial charge < -0.3 is 14.4 Å². The average molecular weight is 387 g/mol. The lowest BCUT2D eigenvalue weighted by atomic mass is 9.94. The van der Waals surface area contributed by atoms with Crippen molar-refractivity contribution in [3.8, 4) is 0 Å². The van der Waals surface area contributed by atoms with E-state index in [-0.39, 0.29) is 6.09 Å². The predicted octanol–water partition coefficient (Wildman–Crippen LogP) is 3.93. The average Bonchev–Trinajstić information content (AvgIpc) is 3.58. The standard InChI is InChI=1S/C23H34N2O3/c26-23(28-18-19-5-2-1-3-6-19)24-13-10-22(11-14-24)25-12-4-7-21(15-25)17-27-16-20-8-9-20/h1-3,5-6,20-22H,4,7-18H2. The molecule has 1 aromatic carbocycles. The van der Waals surface area contributed by atoms with Crippen molar-refractivity contribution in [2.45, 2.75) is 51.2 Å². The number of nitrogens with zero attached hydrogens (tertiary/aromatic N) is 2. The summed E-state index contributed by atoms with van der Waals surface area (Å²) in [5.41, 5.74) is 1.04. The fraction of sp³-hybridized carbons (Fsp3) is 0.696. The van der Waals surface area contributed by atoms with Crippen LogP contribution in [0.3, 0.4) is 0 Å². The Morgan fingerprint density at radius 1 is 0.929 bits per heavy atom. The Morgan fingerprint density at radius 2 is 1.68 bits per heavy atom. The van der Waals surface area contributed by atoms with E-state index in [9.17, 15) is 4.79 Å². The number of hydrogen-bond donors (Lipinski definition) is 0. The molecule has 154 valence electrons. The van der Waals surface area contributed by atoms with Gasteiger partial charge in [0, 0.05) is 32.3 Å². The Bertz CT molecular complexity index is 612. The highest BCUT2D eigenvalue weighted by molar-refractivity contribution is 5.67. The second kappa shape index (κ2) is 9.75. The Hall–Kier alpha value is -1.59. The number of amides is 1. The Morgan fingerprint density at radius 3 is 2.43 bits per heavy atom. The van der Waals surface area contributed by atoms with Gasteiger partial charge in [-0.15, -0.1) is 0 Å². The maximum absolute atomic E-state index is 12.4. The van der Waals surface area contributed by atoms with Crippen molar-refractivity contribution in [3.63, 3.8) is 0 Å². The van der Waals surface area contributed by atoms with Crippen LogP contribution in [0.1, 0.15) is 44.1 Å². The third kappa shape index (κ3) is 5.71. The molecule has 3 aliphatic rings. The van der Waals surface area contributed by atoms with E-state index >= 15 is 0 Å². The van der Waals surface area contributed by atoms with Crippen LogP contribution in [0.25, 0.3) is 0 Å². The van der Waals surface area contributed by atoms with E-state index in [1.807, 2.05) is 35.2 Å². The molecule has 3 fully saturated rings. The number of likely N-dealkylation sites (tertiary alicyclic amines) is 2. The van der Waals surface area contributed by atoms with Crippen LogP contribution < -0.4 is 0 Å². The van der Waals surface area contributed by atoms with Crippen LogP contribution in [0.15, 0.2) is 30.3 Å². The van der Waals surface area contributed by atoms with E-state index in [1.54, 1.807) is 0 Å². The lowest BCUT2D eigenvalue weighted by molar-refractivity contribution is 0.0243. The smallest absolute Gasteiger partial charge is 0.410 e. The van der Waals surface area contributed by atoms with E-state index < -0.39 is 0 Å². The zero-order valence-corrected chi connectivity index (χ0v) is 16.9. The van der Waals surface area contributed by atoms with Crippen LogP contribution in [0.5, 0.6) is 0 Å². The molecule has 1 unspecified atom stereocenters. The molecule has 1 aliphatic carbocycles. The van der Waals surface area contributed by atoms with Crippen molar-refractivity contribution in [2.24, 2.45) is 11.8 Å². The fourth-order valence-electron chi connectivity index (χ4n) is 4.48. The summed E-state index contributed by atoms with van der Waals surface area (Å²) < 4.78 is 11.4. The molecule has 1 atom stereocenters. The normalized spacial score (nSPS) is 24.3. The van der Waals surface area contributed by atoms with E-state index in [0.29, 0.717) is 18.6 Å². The lowest BCUT2D eigenvalue weighted by Crippen LogP contribution is -2.50. The van der Waals surface area contributed by atoms with Gasteiger partial charge in [-0.05, 0) is 62.5 Å². The largest absolute Gasteiger partial charge is 0.445 e. The van der Waals surface area contributed by atoms with Crippen molar-refractivity contribution in [3.05, 3.63) is 35.9 Å². The summed E-state index contributed by atoms with van der Waals surface area (Å²) in [4.78, 5) is 16.9. The molecule has 1 aromatic rings. The van der Waals surface area contributed by atoms with Crippen LogP contribution in [-0.2, 0) is 16.1 Å². The third-order valence-corrected chi connectivity index (χ3v) is 6.40. The topological polar surface area (TPSA) is 42.0 Å². The second-order valence-electron chi connectivity index (χ2n) is 8.74. The van der Waals surface area contributed by atoms with Crippen molar-refractivity contribution < 1.29 is 14.3 Å². The number of hydrogen-bond acceptors (Lipinski definition) is 4. The van der Waals surface area contributed by atoms with Crippen LogP contribution in [-0.4, -0.2) is 61.3 Å². The summed E-state index contributed by atoms with van der Waals surface area (Å²) in [6, 6.07) is 10.5. The molecule has 1 amide bonds. The van der Waals surface area contributed by atoms with Crippen LogP contribution >= 0.6 is 0 Å². The highest BCUT2D eigenvalue weighted by atomic mass is 16.6. The van der Waals surface area contributed by atoms with Gasteiger partial charge in [0.1, 0.15) is 6.61 Å². The molecular weight excluding hydrogens is 352 g/mol. The lowest BCUT2D eigenvalue weighted by Gasteiger charge is -2.42. The highest BCUT2D eigenvalue weighted by Gasteiger charge is 2.31. The van der Waals surface area contributed by atoms with Gasteiger partial charge in [0.15, 0.2) is 0 Å². The first-order chi connectivity index (χ1) is 13.8. The van der Waals surface area contributed by atoms with E-state index in [0.717, 1.165) is 57.2 Å². The first kappa shape index (κ1) is 19.7. The molecule has 0 N–H and O–H groups in total. The maximum atomic E-state index is 12.4. The minimum absolute atomic E-state index is 0.174. The van der Waals surface area contributed by atoms with Crippen molar-refractivity contribution in [1.82, 2.24) is 9.80 Å². The summed E-state index contributed by atoms with van der Waals surface area (Å²) in [6.07, 6.45) is 7.23. The molecular formula is C23H34N2O3. The van der Waals surface area contributed by atoms with E-state index in [1.165, 1.54) is 32.2 Å².